The zero-order valence-electron chi connectivity index (χ0n) is 10.1. The van der Waals surface area contributed by atoms with Crippen molar-refractivity contribution in [3.8, 4) is 0 Å². The first kappa shape index (κ1) is 13.4. The molecule has 0 aliphatic rings. The minimum absolute atomic E-state index is 0.0137. The molecule has 1 amide bonds. The van der Waals surface area contributed by atoms with Gasteiger partial charge in [-0.1, -0.05) is 6.92 Å². The first-order valence-corrected chi connectivity index (χ1v) is 5.43. The van der Waals surface area contributed by atoms with Gasteiger partial charge >= 0.3 is 0 Å². The maximum absolute atomic E-state index is 11.8. The van der Waals surface area contributed by atoms with Crippen molar-refractivity contribution in [3.05, 3.63) is 23.9 Å². The smallest absolute Gasteiger partial charge is 0.253 e. The third-order valence-electron chi connectivity index (χ3n) is 2.37. The summed E-state index contributed by atoms with van der Waals surface area (Å²) in [5, 5.41) is 2.87. The van der Waals surface area contributed by atoms with Crippen LogP contribution in [0.15, 0.2) is 18.3 Å². The Morgan fingerprint density at radius 2 is 2.35 bits per heavy atom. The number of nitrogens with two attached hydrogens (primary N) is 1. The lowest BCUT2D eigenvalue weighted by Crippen LogP contribution is -2.37. The fourth-order valence-corrected chi connectivity index (χ4v) is 1.35. The maximum Gasteiger partial charge on any atom is 0.253 e. The molecule has 6 heteroatoms. The summed E-state index contributed by atoms with van der Waals surface area (Å²) < 4.78 is 5.01. The van der Waals surface area contributed by atoms with Gasteiger partial charge in [0.15, 0.2) is 0 Å². The molecule has 1 rings (SSSR count). The predicted octanol–water partition coefficient (Wildman–Crippen LogP) is 0.522. The summed E-state index contributed by atoms with van der Waals surface area (Å²) in [4.78, 5) is 15.8. The number of ether oxygens (including phenoxy) is 1. The highest BCUT2D eigenvalue weighted by Crippen LogP contribution is 2.04. The van der Waals surface area contributed by atoms with Crippen LogP contribution >= 0.6 is 0 Å². The molecule has 0 saturated heterocycles. The number of hydrogen-bond acceptors (Lipinski definition) is 5. The van der Waals surface area contributed by atoms with Gasteiger partial charge in [0.1, 0.15) is 5.82 Å². The summed E-state index contributed by atoms with van der Waals surface area (Å²) in [6.07, 6.45) is 2.29. The molecular formula is C11H18N4O2. The maximum atomic E-state index is 11.8. The van der Waals surface area contributed by atoms with E-state index in [1.807, 2.05) is 6.92 Å². The van der Waals surface area contributed by atoms with E-state index in [1.165, 1.54) is 6.20 Å². The SMILES string of the molecule is CCC(COC)NC(=O)c1ccc(NN)nc1. The number of aromatic nitrogens is 1. The normalized spacial score (nSPS) is 11.9. The van der Waals surface area contributed by atoms with Crippen molar-refractivity contribution >= 4 is 11.7 Å². The van der Waals surface area contributed by atoms with E-state index >= 15 is 0 Å². The molecule has 0 aliphatic carbocycles. The molecule has 1 aromatic heterocycles. The van der Waals surface area contributed by atoms with Crippen molar-refractivity contribution < 1.29 is 9.53 Å². The molecule has 0 radical (unpaired) electrons. The van der Waals surface area contributed by atoms with Gasteiger partial charge in [-0.3, -0.25) is 4.79 Å². The number of nitrogens with one attached hydrogen (secondary N) is 2. The van der Waals surface area contributed by atoms with Gasteiger partial charge < -0.3 is 15.5 Å². The van der Waals surface area contributed by atoms with Crippen LogP contribution in [-0.4, -0.2) is 30.6 Å². The fourth-order valence-electron chi connectivity index (χ4n) is 1.35. The van der Waals surface area contributed by atoms with Crippen LogP contribution in [0.3, 0.4) is 0 Å². The van der Waals surface area contributed by atoms with Gasteiger partial charge in [-0.25, -0.2) is 10.8 Å². The lowest BCUT2D eigenvalue weighted by Gasteiger charge is -2.15. The summed E-state index contributed by atoms with van der Waals surface area (Å²) in [5.41, 5.74) is 2.90. The number of nitrogen functional groups attached to an aromatic ring is 1. The average molecular weight is 238 g/mol. The number of hydrazine groups is 1. The van der Waals surface area contributed by atoms with Crippen LogP contribution in [0.25, 0.3) is 0 Å². The van der Waals surface area contributed by atoms with Crippen molar-refractivity contribution in [2.75, 3.05) is 19.1 Å². The Labute approximate surface area is 101 Å². The molecule has 0 bridgehead atoms. The van der Waals surface area contributed by atoms with Gasteiger partial charge in [0.25, 0.3) is 5.91 Å². The lowest BCUT2D eigenvalue weighted by molar-refractivity contribution is 0.0894. The Kier molecular flexibility index (Phi) is 5.38. The monoisotopic (exact) mass is 238 g/mol. The molecule has 1 atom stereocenters. The highest BCUT2D eigenvalue weighted by atomic mass is 16.5. The quantitative estimate of drug-likeness (QED) is 0.496. The topological polar surface area (TPSA) is 89.3 Å². The Balaban J connectivity index is 2.62. The molecule has 1 heterocycles. The van der Waals surface area contributed by atoms with Crippen LogP contribution in [0.4, 0.5) is 5.82 Å². The lowest BCUT2D eigenvalue weighted by atomic mass is 10.2. The van der Waals surface area contributed by atoms with Gasteiger partial charge in [0, 0.05) is 13.3 Å². The van der Waals surface area contributed by atoms with Crippen LogP contribution in [0.1, 0.15) is 23.7 Å². The number of methoxy groups -OCH3 is 1. The number of nitrogens with zero attached hydrogens (tertiary/aromatic N) is 1. The van der Waals surface area contributed by atoms with Crippen molar-refractivity contribution in [1.82, 2.24) is 10.3 Å². The Morgan fingerprint density at radius 1 is 1.59 bits per heavy atom. The van der Waals surface area contributed by atoms with E-state index in [-0.39, 0.29) is 11.9 Å². The summed E-state index contributed by atoms with van der Waals surface area (Å²) >= 11 is 0. The van der Waals surface area contributed by atoms with Gasteiger partial charge in [-0.05, 0) is 18.6 Å². The number of pyridine rings is 1. The summed E-state index contributed by atoms with van der Waals surface area (Å²) in [6, 6.07) is 3.32. The van der Waals surface area contributed by atoms with Crippen molar-refractivity contribution in [2.45, 2.75) is 19.4 Å². The number of carbonyl (C=O) groups excluding carboxylic acids is 1. The van der Waals surface area contributed by atoms with Gasteiger partial charge in [-0.15, -0.1) is 0 Å². The Bertz CT molecular complexity index is 353. The first-order chi connectivity index (χ1) is 8.21. The van der Waals surface area contributed by atoms with Crippen molar-refractivity contribution in [2.24, 2.45) is 5.84 Å². The summed E-state index contributed by atoms with van der Waals surface area (Å²) in [6.45, 7) is 2.49. The molecule has 1 aromatic rings. The molecule has 1 unspecified atom stereocenters. The molecule has 0 aliphatic heterocycles. The third kappa shape index (κ3) is 4.01. The molecule has 0 saturated carbocycles. The molecule has 94 valence electrons. The van der Waals surface area contributed by atoms with Crippen molar-refractivity contribution in [1.29, 1.82) is 0 Å². The second kappa shape index (κ2) is 6.82. The van der Waals surface area contributed by atoms with Crippen LogP contribution in [0.2, 0.25) is 0 Å². The summed E-state index contributed by atoms with van der Waals surface area (Å²) in [5.74, 6) is 5.55. The summed E-state index contributed by atoms with van der Waals surface area (Å²) in [7, 11) is 1.61. The average Bonchev–Trinajstić information content (AvgIpc) is 2.38. The largest absolute Gasteiger partial charge is 0.383 e. The molecule has 17 heavy (non-hydrogen) atoms. The number of hydrogen-bond donors (Lipinski definition) is 3. The van der Waals surface area contributed by atoms with Gasteiger partial charge in [0.05, 0.1) is 18.2 Å². The highest BCUT2D eigenvalue weighted by Gasteiger charge is 2.12. The fraction of sp³-hybridized carbons (Fsp3) is 0.455. The second-order valence-electron chi connectivity index (χ2n) is 3.61. The minimum atomic E-state index is -0.162. The van der Waals surface area contributed by atoms with Crippen LogP contribution in [0.5, 0.6) is 0 Å². The number of anilines is 1. The Hall–Kier alpha value is -1.66. The van der Waals surface area contributed by atoms with Crippen LogP contribution in [0, 0.1) is 0 Å². The highest BCUT2D eigenvalue weighted by molar-refractivity contribution is 5.94. The standard InChI is InChI=1S/C11H18N4O2/c1-3-9(7-17-2)14-11(16)8-4-5-10(15-12)13-6-8/h4-6,9H,3,7,12H2,1-2H3,(H,13,15)(H,14,16). The van der Waals surface area contributed by atoms with E-state index in [0.717, 1.165) is 6.42 Å². The predicted molar refractivity (Wildman–Crippen MR) is 65.5 cm³/mol. The van der Waals surface area contributed by atoms with E-state index in [1.54, 1.807) is 19.2 Å². The first-order valence-electron chi connectivity index (χ1n) is 5.43. The molecule has 6 nitrogen and oxygen atoms in total. The van der Waals surface area contributed by atoms with Crippen LogP contribution < -0.4 is 16.6 Å². The zero-order valence-corrected chi connectivity index (χ0v) is 10.1. The van der Waals surface area contributed by atoms with E-state index in [0.29, 0.717) is 18.0 Å². The zero-order chi connectivity index (χ0) is 12.7. The van der Waals surface area contributed by atoms with Crippen molar-refractivity contribution in [3.63, 3.8) is 0 Å². The van der Waals surface area contributed by atoms with E-state index < -0.39 is 0 Å². The van der Waals surface area contributed by atoms with Gasteiger partial charge in [0.2, 0.25) is 0 Å². The molecule has 4 N–H and O–H groups in total. The molecule has 0 spiro atoms. The van der Waals surface area contributed by atoms with Crippen LogP contribution in [-0.2, 0) is 4.74 Å². The number of amides is 1. The minimum Gasteiger partial charge on any atom is -0.383 e. The van der Waals surface area contributed by atoms with E-state index in [9.17, 15) is 4.79 Å². The number of rotatable bonds is 6. The second-order valence-corrected chi connectivity index (χ2v) is 3.61. The molecule has 0 fully saturated rings. The van der Waals surface area contributed by atoms with E-state index in [2.05, 4.69) is 15.7 Å². The van der Waals surface area contributed by atoms with E-state index in [4.69, 9.17) is 10.6 Å². The number of carbonyl (C=O) groups is 1. The molecular weight excluding hydrogens is 220 g/mol. The molecule has 0 aromatic carbocycles. The third-order valence-corrected chi connectivity index (χ3v) is 2.37. The Morgan fingerprint density at radius 3 is 2.82 bits per heavy atom. The van der Waals surface area contributed by atoms with Gasteiger partial charge in [-0.2, -0.15) is 0 Å².